The first-order chi connectivity index (χ1) is 11.7. The van der Waals surface area contributed by atoms with Gasteiger partial charge < -0.3 is 15.2 Å². The molecule has 3 rings (SSSR count). The number of hydrogen-bond donors (Lipinski definition) is 2. The van der Waals surface area contributed by atoms with E-state index in [-0.39, 0.29) is 0 Å². The molecule has 5 heteroatoms. The monoisotopic (exact) mass is 326 g/mol. The van der Waals surface area contributed by atoms with E-state index in [1.54, 1.807) is 0 Å². The maximum Gasteiger partial charge on any atom is 0.191 e. The van der Waals surface area contributed by atoms with Gasteiger partial charge in [-0.05, 0) is 30.4 Å². The summed E-state index contributed by atoms with van der Waals surface area (Å²) >= 11 is 0. The molecule has 0 bridgehead atoms. The van der Waals surface area contributed by atoms with Crippen molar-refractivity contribution in [3.05, 3.63) is 52.9 Å². The van der Waals surface area contributed by atoms with Gasteiger partial charge in [-0.2, -0.15) is 0 Å². The highest BCUT2D eigenvalue weighted by Gasteiger charge is 2.25. The second kappa shape index (κ2) is 7.51. The van der Waals surface area contributed by atoms with Crippen molar-refractivity contribution in [3.8, 4) is 0 Å². The van der Waals surface area contributed by atoms with Gasteiger partial charge in [-0.1, -0.05) is 43.3 Å². The minimum Gasteiger partial charge on any atom is -0.359 e. The first-order valence-electron chi connectivity index (χ1n) is 8.72. The second-order valence-corrected chi connectivity index (χ2v) is 6.55. The number of benzene rings is 1. The molecule has 1 unspecified atom stereocenters. The van der Waals surface area contributed by atoms with Gasteiger partial charge in [-0.25, -0.2) is 4.99 Å². The minimum absolute atomic E-state index is 0.372. The van der Waals surface area contributed by atoms with E-state index in [0.29, 0.717) is 18.4 Å². The lowest BCUT2D eigenvalue weighted by Crippen LogP contribution is -2.41. The summed E-state index contributed by atoms with van der Waals surface area (Å²) in [4.78, 5) is 4.60. The van der Waals surface area contributed by atoms with E-state index in [0.717, 1.165) is 36.9 Å². The molecule has 0 saturated carbocycles. The Labute approximate surface area is 143 Å². The molecule has 128 valence electrons. The van der Waals surface area contributed by atoms with E-state index in [2.05, 4.69) is 65.8 Å². The molecule has 24 heavy (non-hydrogen) atoms. The van der Waals surface area contributed by atoms with Crippen LogP contribution in [0.25, 0.3) is 0 Å². The standard InChI is InChI=1S/C19H26N4O/c1-4-20-19(22-12-16-10-18(13(2)3)23-24-16)21-11-15-9-14-7-5-6-8-17(14)15/h5-8,10,13,15H,4,9,11-12H2,1-3H3,(H2,20,21,22). The van der Waals surface area contributed by atoms with E-state index in [1.165, 1.54) is 11.1 Å². The van der Waals surface area contributed by atoms with Gasteiger partial charge in [0.15, 0.2) is 11.7 Å². The summed E-state index contributed by atoms with van der Waals surface area (Å²) in [5.41, 5.74) is 3.90. The molecular weight excluding hydrogens is 300 g/mol. The van der Waals surface area contributed by atoms with Gasteiger partial charge in [-0.3, -0.25) is 0 Å². The van der Waals surface area contributed by atoms with Crippen molar-refractivity contribution in [1.29, 1.82) is 0 Å². The normalized spacial score (nSPS) is 16.7. The number of hydrogen-bond acceptors (Lipinski definition) is 3. The van der Waals surface area contributed by atoms with Crippen LogP contribution in [0.2, 0.25) is 0 Å². The number of aliphatic imine (C=N–C) groups is 1. The number of guanidine groups is 1. The van der Waals surface area contributed by atoms with Crippen LogP contribution in [0.4, 0.5) is 0 Å². The minimum atomic E-state index is 0.372. The van der Waals surface area contributed by atoms with Gasteiger partial charge >= 0.3 is 0 Å². The fourth-order valence-electron chi connectivity index (χ4n) is 2.94. The molecule has 1 aliphatic rings. The zero-order valence-electron chi connectivity index (χ0n) is 14.7. The zero-order valence-corrected chi connectivity index (χ0v) is 14.7. The lowest BCUT2D eigenvalue weighted by molar-refractivity contribution is 0.376. The topological polar surface area (TPSA) is 62.5 Å². The number of aromatic nitrogens is 1. The Morgan fingerprint density at radius 2 is 2.17 bits per heavy atom. The summed E-state index contributed by atoms with van der Waals surface area (Å²) in [7, 11) is 0. The van der Waals surface area contributed by atoms with Crippen molar-refractivity contribution in [1.82, 2.24) is 15.8 Å². The third-order valence-corrected chi connectivity index (χ3v) is 4.38. The van der Waals surface area contributed by atoms with Crippen molar-refractivity contribution in [2.24, 2.45) is 4.99 Å². The maximum absolute atomic E-state index is 5.35. The van der Waals surface area contributed by atoms with Crippen molar-refractivity contribution < 1.29 is 4.52 Å². The molecule has 0 saturated heterocycles. The molecule has 1 aliphatic carbocycles. The fourth-order valence-corrected chi connectivity index (χ4v) is 2.94. The van der Waals surface area contributed by atoms with Crippen LogP contribution in [-0.4, -0.2) is 24.2 Å². The molecule has 0 spiro atoms. The predicted octanol–water partition coefficient (Wildman–Crippen LogP) is 3.19. The molecule has 0 aliphatic heterocycles. The quantitative estimate of drug-likeness (QED) is 0.632. The van der Waals surface area contributed by atoms with E-state index in [1.807, 2.05) is 6.07 Å². The van der Waals surface area contributed by atoms with Gasteiger partial charge in [0.25, 0.3) is 0 Å². The highest BCUT2D eigenvalue weighted by atomic mass is 16.5. The summed E-state index contributed by atoms with van der Waals surface area (Å²) in [5, 5.41) is 10.8. The van der Waals surface area contributed by atoms with Crippen LogP contribution in [0.1, 0.15) is 55.2 Å². The van der Waals surface area contributed by atoms with Gasteiger partial charge in [0.05, 0.1) is 5.69 Å². The number of nitrogens with zero attached hydrogens (tertiary/aromatic N) is 2. The molecule has 1 aromatic heterocycles. The molecule has 1 atom stereocenters. The maximum atomic E-state index is 5.35. The lowest BCUT2D eigenvalue weighted by atomic mass is 9.78. The van der Waals surface area contributed by atoms with E-state index < -0.39 is 0 Å². The van der Waals surface area contributed by atoms with Crippen molar-refractivity contribution in [2.45, 2.75) is 45.6 Å². The molecule has 2 aromatic rings. The summed E-state index contributed by atoms with van der Waals surface area (Å²) in [5.74, 6) is 2.56. The lowest BCUT2D eigenvalue weighted by Gasteiger charge is -2.30. The Bertz CT molecular complexity index is 705. The van der Waals surface area contributed by atoms with Crippen LogP contribution in [0.3, 0.4) is 0 Å². The van der Waals surface area contributed by atoms with E-state index in [9.17, 15) is 0 Å². The van der Waals surface area contributed by atoms with Crippen LogP contribution >= 0.6 is 0 Å². The van der Waals surface area contributed by atoms with Crippen LogP contribution < -0.4 is 10.6 Å². The largest absolute Gasteiger partial charge is 0.359 e. The van der Waals surface area contributed by atoms with Crippen LogP contribution in [0, 0.1) is 0 Å². The van der Waals surface area contributed by atoms with Crippen LogP contribution in [0.15, 0.2) is 39.8 Å². The summed E-state index contributed by atoms with van der Waals surface area (Å²) < 4.78 is 5.35. The molecule has 5 nitrogen and oxygen atoms in total. The molecular formula is C19H26N4O. The van der Waals surface area contributed by atoms with E-state index in [4.69, 9.17) is 4.52 Å². The third kappa shape index (κ3) is 3.78. The molecule has 2 N–H and O–H groups in total. The van der Waals surface area contributed by atoms with Gasteiger partial charge in [0, 0.05) is 25.1 Å². The summed E-state index contributed by atoms with van der Waals surface area (Å²) in [6, 6.07) is 10.6. The molecule has 1 heterocycles. The highest BCUT2D eigenvalue weighted by Crippen LogP contribution is 2.33. The smallest absolute Gasteiger partial charge is 0.191 e. The molecule has 0 radical (unpaired) electrons. The number of fused-ring (bicyclic) bond motifs is 1. The number of nitrogens with one attached hydrogen (secondary N) is 2. The average Bonchev–Trinajstić information content (AvgIpc) is 3.02. The van der Waals surface area contributed by atoms with Crippen molar-refractivity contribution in [2.75, 3.05) is 13.1 Å². The third-order valence-electron chi connectivity index (χ3n) is 4.38. The Morgan fingerprint density at radius 1 is 1.33 bits per heavy atom. The fraction of sp³-hybridized carbons (Fsp3) is 0.474. The van der Waals surface area contributed by atoms with Gasteiger partial charge in [0.2, 0.25) is 0 Å². The van der Waals surface area contributed by atoms with Crippen molar-refractivity contribution in [3.63, 3.8) is 0 Å². The van der Waals surface area contributed by atoms with Gasteiger partial charge in [0.1, 0.15) is 6.54 Å². The Kier molecular flexibility index (Phi) is 5.18. The Hall–Kier alpha value is -2.30. The van der Waals surface area contributed by atoms with Gasteiger partial charge in [-0.15, -0.1) is 0 Å². The Balaban J connectivity index is 1.56. The highest BCUT2D eigenvalue weighted by molar-refractivity contribution is 5.79. The zero-order chi connectivity index (χ0) is 16.9. The average molecular weight is 326 g/mol. The van der Waals surface area contributed by atoms with E-state index >= 15 is 0 Å². The molecule has 0 fully saturated rings. The number of rotatable bonds is 6. The van der Waals surface area contributed by atoms with Crippen molar-refractivity contribution >= 4 is 5.96 Å². The molecule has 1 aromatic carbocycles. The first-order valence-corrected chi connectivity index (χ1v) is 8.72. The first kappa shape index (κ1) is 16.6. The summed E-state index contributed by atoms with van der Waals surface area (Å²) in [6.45, 7) is 8.51. The second-order valence-electron chi connectivity index (χ2n) is 6.55. The Morgan fingerprint density at radius 3 is 2.88 bits per heavy atom. The van der Waals surface area contributed by atoms with Crippen LogP contribution in [0.5, 0.6) is 0 Å². The summed E-state index contributed by atoms with van der Waals surface area (Å²) in [6.07, 6.45) is 1.14. The van der Waals surface area contributed by atoms with Crippen LogP contribution in [-0.2, 0) is 13.0 Å². The SMILES string of the molecule is CCNC(=NCc1cc(C(C)C)no1)NCC1Cc2ccccc21. The predicted molar refractivity (Wildman–Crippen MR) is 96.3 cm³/mol. The molecule has 0 amide bonds.